The maximum Gasteiger partial charge on any atom is 0.412 e. The average molecular weight is 476 g/mol. The second-order valence-electron chi connectivity index (χ2n) is 9.03. The average Bonchev–Trinajstić information content (AvgIpc) is 2.81. The third-order valence-electron chi connectivity index (χ3n) is 5.91. The molecule has 0 aliphatic carbocycles. The van der Waals surface area contributed by atoms with Gasteiger partial charge in [-0.25, -0.2) is 9.59 Å². The number of allylic oxidation sites excluding steroid dienone is 1. The Morgan fingerprint density at radius 3 is 2.29 bits per heavy atom. The summed E-state index contributed by atoms with van der Waals surface area (Å²) in [5.41, 5.74) is 1.16. The van der Waals surface area contributed by atoms with Gasteiger partial charge in [0.25, 0.3) is 0 Å². The molecule has 0 saturated heterocycles. The van der Waals surface area contributed by atoms with Crippen LogP contribution in [0.3, 0.4) is 0 Å². The number of amides is 1. The van der Waals surface area contributed by atoms with Gasteiger partial charge < -0.3 is 14.9 Å². The SMILES string of the molecule is CC(=O)c1ccc(NC(=O)O[C@@H](c2ccc(O)c3ccccc23)C(C)(C)CC/C=C/C(=O)O)cc1. The lowest BCUT2D eigenvalue weighted by Crippen LogP contribution is -2.29. The molecule has 7 heteroatoms. The summed E-state index contributed by atoms with van der Waals surface area (Å²) in [4.78, 5) is 35.3. The Morgan fingerprint density at radius 2 is 1.66 bits per heavy atom. The van der Waals surface area contributed by atoms with Gasteiger partial charge in [-0.1, -0.05) is 50.3 Å². The fraction of sp³-hybridized carbons (Fsp3) is 0.250. The van der Waals surface area contributed by atoms with Crippen LogP contribution >= 0.6 is 0 Å². The summed E-state index contributed by atoms with van der Waals surface area (Å²) in [5.74, 6) is -0.965. The van der Waals surface area contributed by atoms with Crippen molar-refractivity contribution in [3.63, 3.8) is 0 Å². The Hall–Kier alpha value is -4.13. The van der Waals surface area contributed by atoms with Gasteiger partial charge in [0.15, 0.2) is 5.78 Å². The van der Waals surface area contributed by atoms with Gasteiger partial charge >= 0.3 is 12.1 Å². The minimum atomic E-state index is -1.02. The monoisotopic (exact) mass is 475 g/mol. The van der Waals surface area contributed by atoms with Gasteiger partial charge in [-0.05, 0) is 55.5 Å². The van der Waals surface area contributed by atoms with E-state index in [9.17, 15) is 19.5 Å². The molecule has 3 rings (SSSR count). The molecule has 1 atom stereocenters. The highest BCUT2D eigenvalue weighted by atomic mass is 16.6. The van der Waals surface area contributed by atoms with Crippen LogP contribution < -0.4 is 5.32 Å². The van der Waals surface area contributed by atoms with Crippen LogP contribution in [0.15, 0.2) is 72.8 Å². The van der Waals surface area contributed by atoms with Crippen molar-refractivity contribution in [1.82, 2.24) is 0 Å². The van der Waals surface area contributed by atoms with Crippen molar-refractivity contribution >= 4 is 34.3 Å². The first-order valence-corrected chi connectivity index (χ1v) is 11.3. The highest BCUT2D eigenvalue weighted by Gasteiger charge is 2.35. The molecular formula is C28H29NO6. The molecule has 0 aromatic heterocycles. The zero-order valence-electron chi connectivity index (χ0n) is 19.9. The predicted molar refractivity (Wildman–Crippen MR) is 135 cm³/mol. The van der Waals surface area contributed by atoms with Crippen molar-refractivity contribution in [2.45, 2.75) is 39.7 Å². The zero-order valence-corrected chi connectivity index (χ0v) is 19.9. The lowest BCUT2D eigenvalue weighted by Gasteiger charge is -2.35. The maximum atomic E-state index is 12.9. The van der Waals surface area contributed by atoms with Crippen LogP contribution in [0.5, 0.6) is 5.75 Å². The number of carboxylic acids is 1. The number of anilines is 1. The van der Waals surface area contributed by atoms with Gasteiger partial charge in [-0.15, -0.1) is 0 Å². The molecule has 3 aromatic carbocycles. The molecule has 182 valence electrons. The fourth-order valence-corrected chi connectivity index (χ4v) is 3.99. The molecule has 0 bridgehead atoms. The van der Waals surface area contributed by atoms with Crippen molar-refractivity contribution in [3.05, 3.63) is 83.9 Å². The second-order valence-corrected chi connectivity index (χ2v) is 9.03. The molecule has 0 spiro atoms. The number of phenols is 1. The number of benzene rings is 3. The summed E-state index contributed by atoms with van der Waals surface area (Å²) < 4.78 is 5.97. The smallest absolute Gasteiger partial charge is 0.412 e. The topological polar surface area (TPSA) is 113 Å². The molecule has 0 heterocycles. The molecule has 0 aliphatic heterocycles. The van der Waals surface area contributed by atoms with Crippen molar-refractivity contribution in [2.75, 3.05) is 5.32 Å². The number of hydrogen-bond donors (Lipinski definition) is 3. The van der Waals surface area contributed by atoms with E-state index < -0.39 is 23.6 Å². The highest BCUT2D eigenvalue weighted by molar-refractivity contribution is 5.95. The third kappa shape index (κ3) is 6.47. The van der Waals surface area contributed by atoms with Crippen LogP contribution in [-0.4, -0.2) is 28.1 Å². The Morgan fingerprint density at radius 1 is 1.00 bits per heavy atom. The van der Waals surface area contributed by atoms with Crippen LogP contribution in [0.1, 0.15) is 55.6 Å². The summed E-state index contributed by atoms with van der Waals surface area (Å²) in [5, 5.41) is 23.3. The van der Waals surface area contributed by atoms with Crippen LogP contribution in [0, 0.1) is 5.41 Å². The van der Waals surface area contributed by atoms with Gasteiger partial charge in [0.2, 0.25) is 0 Å². The van der Waals surface area contributed by atoms with E-state index in [0.717, 1.165) is 17.0 Å². The number of carboxylic acid groups (broad SMARTS) is 1. The van der Waals surface area contributed by atoms with Crippen molar-refractivity contribution in [1.29, 1.82) is 0 Å². The molecule has 0 saturated carbocycles. The molecule has 1 amide bonds. The molecule has 0 radical (unpaired) electrons. The first-order valence-electron chi connectivity index (χ1n) is 11.3. The van der Waals surface area contributed by atoms with E-state index in [-0.39, 0.29) is 11.5 Å². The van der Waals surface area contributed by atoms with E-state index in [1.807, 2.05) is 32.0 Å². The lowest BCUT2D eigenvalue weighted by molar-refractivity contribution is -0.131. The minimum Gasteiger partial charge on any atom is -0.507 e. The fourth-order valence-electron chi connectivity index (χ4n) is 3.99. The Kier molecular flexibility index (Phi) is 7.91. The van der Waals surface area contributed by atoms with Crippen LogP contribution in [0.2, 0.25) is 0 Å². The van der Waals surface area contributed by atoms with E-state index in [0.29, 0.717) is 29.5 Å². The third-order valence-corrected chi connectivity index (χ3v) is 5.91. The van der Waals surface area contributed by atoms with Gasteiger partial charge in [0.05, 0.1) is 0 Å². The molecule has 0 fully saturated rings. The maximum absolute atomic E-state index is 12.9. The van der Waals surface area contributed by atoms with Gasteiger partial charge in [-0.3, -0.25) is 10.1 Å². The number of ether oxygens (including phenoxy) is 1. The molecule has 7 nitrogen and oxygen atoms in total. The zero-order chi connectivity index (χ0) is 25.6. The molecule has 0 unspecified atom stereocenters. The largest absolute Gasteiger partial charge is 0.507 e. The van der Waals surface area contributed by atoms with Crippen LogP contribution in [-0.2, 0) is 9.53 Å². The van der Waals surface area contributed by atoms with E-state index >= 15 is 0 Å². The molecule has 0 aliphatic rings. The summed E-state index contributed by atoms with van der Waals surface area (Å²) in [6.07, 6.45) is 2.31. The van der Waals surface area contributed by atoms with Gasteiger partial charge in [0.1, 0.15) is 11.9 Å². The molecule has 35 heavy (non-hydrogen) atoms. The van der Waals surface area contributed by atoms with E-state index in [1.165, 1.54) is 6.92 Å². The summed E-state index contributed by atoms with van der Waals surface area (Å²) in [6, 6.07) is 17.2. The quantitative estimate of drug-likeness (QED) is 0.241. The number of carbonyl (C=O) groups excluding carboxylic acids is 2. The first kappa shape index (κ1) is 25.5. The molecule has 3 aromatic rings. The van der Waals surface area contributed by atoms with Crippen molar-refractivity contribution < 1.29 is 29.3 Å². The highest BCUT2D eigenvalue weighted by Crippen LogP contribution is 2.44. The number of nitrogens with one attached hydrogen (secondary N) is 1. The van der Waals surface area contributed by atoms with Crippen molar-refractivity contribution in [2.24, 2.45) is 5.41 Å². The number of carbonyl (C=O) groups is 3. The molecule has 3 N–H and O–H groups in total. The first-order chi connectivity index (χ1) is 16.6. The number of hydrogen-bond acceptors (Lipinski definition) is 5. The van der Waals surface area contributed by atoms with Crippen molar-refractivity contribution in [3.8, 4) is 5.75 Å². The van der Waals surface area contributed by atoms with Gasteiger partial charge in [0, 0.05) is 33.7 Å². The van der Waals surface area contributed by atoms with Crippen LogP contribution in [0.4, 0.5) is 10.5 Å². The standard InChI is InChI=1S/C28H29NO6/c1-18(30)19-11-13-20(14-12-19)29-27(34)35-26(28(2,3)17-7-6-10-25(32)33)23-15-16-24(31)22-9-5-4-8-21(22)23/h4-6,8-16,26,31H,7,17H2,1-3H3,(H,29,34)(H,32,33)/b10-6+/t26-/m0/s1. The second kappa shape index (κ2) is 10.9. The number of phenolic OH excluding ortho intramolecular Hbond substituents is 1. The number of fused-ring (bicyclic) bond motifs is 1. The summed E-state index contributed by atoms with van der Waals surface area (Å²) >= 11 is 0. The van der Waals surface area contributed by atoms with E-state index in [2.05, 4.69) is 5.32 Å². The predicted octanol–water partition coefficient (Wildman–Crippen LogP) is 6.49. The number of aromatic hydroxyl groups is 1. The summed E-state index contributed by atoms with van der Waals surface area (Å²) in [7, 11) is 0. The van der Waals surface area contributed by atoms with Crippen LogP contribution in [0.25, 0.3) is 10.8 Å². The Labute approximate surface area is 204 Å². The number of aliphatic carboxylic acids is 1. The van der Waals surface area contributed by atoms with Gasteiger partial charge in [-0.2, -0.15) is 0 Å². The number of Topliss-reactive ketones (excluding diaryl/α,β-unsaturated/α-hetero) is 1. The Bertz CT molecular complexity index is 1260. The Balaban J connectivity index is 1.92. The van der Waals surface area contributed by atoms with E-state index in [1.54, 1.807) is 48.5 Å². The number of rotatable bonds is 9. The number of ketones is 1. The van der Waals surface area contributed by atoms with E-state index in [4.69, 9.17) is 9.84 Å². The molecular weight excluding hydrogens is 446 g/mol. The summed E-state index contributed by atoms with van der Waals surface area (Å²) in [6.45, 7) is 5.36. The normalized spacial score (nSPS) is 12.4. The lowest BCUT2D eigenvalue weighted by atomic mass is 9.77. The minimum absolute atomic E-state index is 0.0721.